The Kier molecular flexibility index (Phi) is 5.80. The summed E-state index contributed by atoms with van der Waals surface area (Å²) in [5.74, 6) is 2.74. The lowest BCUT2D eigenvalue weighted by Crippen LogP contribution is -2.20. The summed E-state index contributed by atoms with van der Waals surface area (Å²) < 4.78 is 8.74. The summed E-state index contributed by atoms with van der Waals surface area (Å²) in [5.41, 5.74) is 1.06. The molecule has 1 heterocycles. The van der Waals surface area contributed by atoms with Crippen molar-refractivity contribution in [2.45, 2.75) is 30.0 Å². The van der Waals surface area contributed by atoms with Gasteiger partial charge in [0.05, 0.1) is 6.10 Å². The molecule has 1 saturated carbocycles. The summed E-state index contributed by atoms with van der Waals surface area (Å²) in [6.45, 7) is 0.235. The molecule has 0 spiro atoms. The molecule has 0 amide bonds. The number of nitrogens with zero attached hydrogens (tertiary/aromatic N) is 3. The number of rotatable bonds is 8. The lowest BCUT2D eigenvalue weighted by Gasteiger charge is -2.13. The van der Waals surface area contributed by atoms with Crippen LogP contribution in [0.25, 0.3) is 5.69 Å². The van der Waals surface area contributed by atoms with E-state index in [1.54, 1.807) is 0 Å². The molecule has 5 nitrogen and oxygen atoms in total. The molecule has 27 heavy (non-hydrogen) atoms. The molecule has 1 atom stereocenters. The fourth-order valence-electron chi connectivity index (χ4n) is 2.77. The van der Waals surface area contributed by atoms with Crippen molar-refractivity contribution in [1.29, 1.82) is 0 Å². The van der Waals surface area contributed by atoms with Crippen LogP contribution in [0.4, 0.5) is 0 Å². The van der Waals surface area contributed by atoms with Gasteiger partial charge in [0, 0.05) is 21.8 Å². The van der Waals surface area contributed by atoms with Gasteiger partial charge in [0.15, 0.2) is 5.16 Å². The SMILES string of the molecule is OC(COc1cccc(Br)c1)CSc1nnc(C2CC2)n1-c1ccccc1. The molecule has 4 rings (SSSR count). The molecule has 0 aliphatic heterocycles. The fraction of sp³-hybridized carbons (Fsp3) is 0.300. The van der Waals surface area contributed by atoms with Crippen molar-refractivity contribution in [1.82, 2.24) is 14.8 Å². The molecular weight excluding hydrogens is 426 g/mol. The first kappa shape index (κ1) is 18.5. The zero-order valence-electron chi connectivity index (χ0n) is 14.7. The van der Waals surface area contributed by atoms with Gasteiger partial charge >= 0.3 is 0 Å². The molecule has 1 aromatic heterocycles. The fourth-order valence-corrected chi connectivity index (χ4v) is 4.01. The van der Waals surface area contributed by atoms with Crippen LogP contribution in [0.1, 0.15) is 24.6 Å². The average molecular weight is 446 g/mol. The van der Waals surface area contributed by atoms with Crippen molar-refractivity contribution in [2.24, 2.45) is 0 Å². The molecule has 1 aliphatic rings. The van der Waals surface area contributed by atoms with Gasteiger partial charge in [-0.3, -0.25) is 4.57 Å². The average Bonchev–Trinajstić information content (AvgIpc) is 3.45. The maximum absolute atomic E-state index is 10.3. The van der Waals surface area contributed by atoms with Crippen molar-refractivity contribution in [2.75, 3.05) is 12.4 Å². The van der Waals surface area contributed by atoms with E-state index in [4.69, 9.17) is 4.74 Å². The monoisotopic (exact) mass is 445 g/mol. The van der Waals surface area contributed by atoms with E-state index in [1.807, 2.05) is 42.5 Å². The maximum Gasteiger partial charge on any atom is 0.195 e. The maximum atomic E-state index is 10.3. The highest BCUT2D eigenvalue weighted by Gasteiger charge is 2.31. The van der Waals surface area contributed by atoms with Gasteiger partial charge in [-0.2, -0.15) is 0 Å². The predicted octanol–water partition coefficient (Wildman–Crippen LogP) is 4.44. The van der Waals surface area contributed by atoms with Gasteiger partial charge in [-0.25, -0.2) is 0 Å². The normalized spacial score (nSPS) is 14.9. The second-order valence-corrected chi connectivity index (χ2v) is 8.42. The Morgan fingerprint density at radius 1 is 1.15 bits per heavy atom. The number of aliphatic hydroxyl groups is 1. The quantitative estimate of drug-likeness (QED) is 0.519. The molecule has 3 aromatic rings. The minimum atomic E-state index is -0.598. The van der Waals surface area contributed by atoms with Crippen molar-refractivity contribution in [3.05, 3.63) is 64.9 Å². The Labute approximate surface area is 170 Å². The molecule has 0 radical (unpaired) electrons. The van der Waals surface area contributed by atoms with E-state index in [2.05, 4.69) is 42.8 Å². The van der Waals surface area contributed by atoms with Gasteiger partial charge in [0.2, 0.25) is 0 Å². The third-order valence-electron chi connectivity index (χ3n) is 4.26. The zero-order valence-corrected chi connectivity index (χ0v) is 17.1. The van der Waals surface area contributed by atoms with Gasteiger partial charge in [-0.15, -0.1) is 10.2 Å². The Bertz CT molecular complexity index is 899. The van der Waals surface area contributed by atoms with Crippen molar-refractivity contribution in [3.63, 3.8) is 0 Å². The lowest BCUT2D eigenvalue weighted by atomic mass is 10.3. The Morgan fingerprint density at radius 2 is 1.96 bits per heavy atom. The van der Waals surface area contributed by atoms with E-state index in [0.29, 0.717) is 11.7 Å². The third-order valence-corrected chi connectivity index (χ3v) is 5.83. The van der Waals surface area contributed by atoms with Gasteiger partial charge < -0.3 is 9.84 Å². The third kappa shape index (κ3) is 4.72. The van der Waals surface area contributed by atoms with Crippen LogP contribution in [0.5, 0.6) is 5.75 Å². The first-order chi connectivity index (χ1) is 13.2. The molecule has 1 unspecified atom stereocenters. The predicted molar refractivity (Wildman–Crippen MR) is 110 cm³/mol. The van der Waals surface area contributed by atoms with Gasteiger partial charge in [-0.05, 0) is 43.2 Å². The summed E-state index contributed by atoms with van der Waals surface area (Å²) >= 11 is 4.92. The van der Waals surface area contributed by atoms with Crippen LogP contribution in [-0.4, -0.2) is 38.3 Å². The topological polar surface area (TPSA) is 60.2 Å². The molecular formula is C20H20BrN3O2S. The molecule has 1 fully saturated rings. The summed E-state index contributed by atoms with van der Waals surface area (Å²) in [4.78, 5) is 0. The smallest absolute Gasteiger partial charge is 0.195 e. The summed E-state index contributed by atoms with van der Waals surface area (Å²) in [6, 6.07) is 17.8. The standard InChI is InChI=1S/C20H20BrN3O2S/c21-15-5-4-8-18(11-15)26-12-17(25)13-27-20-23-22-19(14-9-10-14)24(20)16-6-2-1-3-7-16/h1-8,11,14,17,25H,9-10,12-13H2. The van der Waals surface area contributed by atoms with Gasteiger partial charge in [0.25, 0.3) is 0 Å². The number of aliphatic hydroxyl groups excluding tert-OH is 1. The summed E-state index contributed by atoms with van der Waals surface area (Å²) in [5, 5.41) is 19.9. The van der Waals surface area contributed by atoms with Crippen molar-refractivity contribution >= 4 is 27.7 Å². The Hall–Kier alpha value is -1.83. The molecule has 0 saturated heterocycles. The molecule has 140 valence electrons. The van der Waals surface area contributed by atoms with Crippen LogP contribution >= 0.6 is 27.7 Å². The molecule has 7 heteroatoms. The number of halogens is 1. The van der Waals surface area contributed by atoms with Crippen LogP contribution < -0.4 is 4.74 Å². The number of thioether (sulfide) groups is 1. The highest BCUT2D eigenvalue weighted by molar-refractivity contribution is 9.10. The minimum absolute atomic E-state index is 0.235. The van der Waals surface area contributed by atoms with Crippen LogP contribution in [-0.2, 0) is 0 Å². The van der Waals surface area contributed by atoms with Crippen molar-refractivity contribution in [3.8, 4) is 11.4 Å². The van der Waals surface area contributed by atoms with Gasteiger partial charge in [-0.1, -0.05) is 52.0 Å². The number of para-hydroxylation sites is 1. The van der Waals surface area contributed by atoms with E-state index >= 15 is 0 Å². The highest BCUT2D eigenvalue weighted by Crippen LogP contribution is 2.41. The van der Waals surface area contributed by atoms with E-state index < -0.39 is 6.10 Å². The number of ether oxygens (including phenoxy) is 1. The van der Waals surface area contributed by atoms with Crippen LogP contribution in [0.15, 0.2) is 64.2 Å². The Morgan fingerprint density at radius 3 is 2.70 bits per heavy atom. The second-order valence-electron chi connectivity index (χ2n) is 6.52. The van der Waals surface area contributed by atoms with E-state index in [9.17, 15) is 5.11 Å². The minimum Gasteiger partial charge on any atom is -0.491 e. The highest BCUT2D eigenvalue weighted by atomic mass is 79.9. The number of hydrogen-bond acceptors (Lipinski definition) is 5. The van der Waals surface area contributed by atoms with Crippen LogP contribution in [0.3, 0.4) is 0 Å². The number of hydrogen-bond donors (Lipinski definition) is 1. The molecule has 1 N–H and O–H groups in total. The Balaban J connectivity index is 1.41. The lowest BCUT2D eigenvalue weighted by molar-refractivity contribution is 0.126. The van der Waals surface area contributed by atoms with Crippen LogP contribution in [0, 0.1) is 0 Å². The molecule has 2 aromatic carbocycles. The largest absolute Gasteiger partial charge is 0.491 e. The van der Waals surface area contributed by atoms with E-state index in [0.717, 1.165) is 26.9 Å². The van der Waals surface area contributed by atoms with Crippen molar-refractivity contribution < 1.29 is 9.84 Å². The first-order valence-corrected chi connectivity index (χ1v) is 10.7. The van der Waals surface area contributed by atoms with Crippen LogP contribution in [0.2, 0.25) is 0 Å². The summed E-state index contributed by atoms with van der Waals surface area (Å²) in [6.07, 6.45) is 1.73. The zero-order chi connectivity index (χ0) is 18.6. The second kappa shape index (κ2) is 8.46. The first-order valence-electron chi connectivity index (χ1n) is 8.90. The van der Waals surface area contributed by atoms with E-state index in [-0.39, 0.29) is 6.61 Å². The summed E-state index contributed by atoms with van der Waals surface area (Å²) in [7, 11) is 0. The number of benzene rings is 2. The number of aromatic nitrogens is 3. The van der Waals surface area contributed by atoms with Gasteiger partial charge in [0.1, 0.15) is 18.2 Å². The van der Waals surface area contributed by atoms with E-state index in [1.165, 1.54) is 24.6 Å². The molecule has 0 bridgehead atoms. The molecule has 1 aliphatic carbocycles.